The minimum absolute atomic E-state index is 0. The zero-order valence-electron chi connectivity index (χ0n) is 11.6. The van der Waals surface area contributed by atoms with Crippen molar-refractivity contribution in [2.24, 2.45) is 5.73 Å². The molecule has 0 bridgehead atoms. The van der Waals surface area contributed by atoms with E-state index in [-0.39, 0.29) is 30.5 Å². The first kappa shape index (κ1) is 18.5. The van der Waals surface area contributed by atoms with E-state index >= 15 is 0 Å². The first-order valence-electron chi connectivity index (χ1n) is 6.62. The van der Waals surface area contributed by atoms with Crippen LogP contribution in [0.15, 0.2) is 18.2 Å². The number of hydrogen-bond acceptors (Lipinski definition) is 3. The van der Waals surface area contributed by atoms with Crippen molar-refractivity contribution in [3.05, 3.63) is 33.8 Å². The van der Waals surface area contributed by atoms with Crippen molar-refractivity contribution in [3.63, 3.8) is 0 Å². The van der Waals surface area contributed by atoms with Gasteiger partial charge in [-0.2, -0.15) is 0 Å². The van der Waals surface area contributed by atoms with Crippen LogP contribution in [0.1, 0.15) is 31.4 Å². The van der Waals surface area contributed by atoms with Gasteiger partial charge in [0.05, 0.1) is 22.2 Å². The number of carbonyl (C=O) groups excluding carboxylic acids is 1. The van der Waals surface area contributed by atoms with Crippen LogP contribution in [0.3, 0.4) is 0 Å². The monoisotopic (exact) mass is 352 g/mol. The number of halogens is 3. The number of rotatable bonds is 4. The molecule has 3 atom stereocenters. The lowest BCUT2D eigenvalue weighted by molar-refractivity contribution is -0.132. The van der Waals surface area contributed by atoms with E-state index in [0.29, 0.717) is 23.0 Å². The Labute approximate surface area is 140 Å². The smallest absolute Gasteiger partial charge is 0.249 e. The van der Waals surface area contributed by atoms with E-state index in [1.165, 1.54) is 0 Å². The molecule has 3 N–H and O–H groups in total. The van der Waals surface area contributed by atoms with Crippen LogP contribution < -0.4 is 11.1 Å². The molecule has 0 spiro atoms. The molecule has 1 amide bonds. The average Bonchev–Trinajstić information content (AvgIpc) is 2.90. The van der Waals surface area contributed by atoms with Crippen molar-refractivity contribution in [2.75, 3.05) is 6.54 Å². The summed E-state index contributed by atoms with van der Waals surface area (Å²) in [7, 11) is 0. The van der Waals surface area contributed by atoms with E-state index in [1.54, 1.807) is 12.1 Å². The van der Waals surface area contributed by atoms with Crippen molar-refractivity contribution in [1.29, 1.82) is 0 Å². The zero-order chi connectivity index (χ0) is 14.7. The number of ether oxygens (including phenoxy) is 1. The lowest BCUT2D eigenvalue weighted by atomic mass is 10.1. The lowest BCUT2D eigenvalue weighted by Crippen LogP contribution is -2.37. The maximum absolute atomic E-state index is 12.1. The van der Waals surface area contributed by atoms with Crippen molar-refractivity contribution < 1.29 is 9.53 Å². The second-order valence-electron chi connectivity index (χ2n) is 4.96. The fraction of sp³-hybridized carbons (Fsp3) is 0.500. The summed E-state index contributed by atoms with van der Waals surface area (Å²) in [6.45, 7) is 2.35. The molecule has 1 aliphatic heterocycles. The van der Waals surface area contributed by atoms with Crippen molar-refractivity contribution in [1.82, 2.24) is 5.32 Å². The quantitative estimate of drug-likeness (QED) is 0.874. The van der Waals surface area contributed by atoms with Crippen molar-refractivity contribution in [2.45, 2.75) is 38.0 Å². The SMILES string of the molecule is CC(NC(=O)[C@@H]1CC[C@H](CN)O1)c1ccc(Cl)c(Cl)c1.Cl. The van der Waals surface area contributed by atoms with Crippen LogP contribution in [0.5, 0.6) is 0 Å². The molecule has 1 heterocycles. The summed E-state index contributed by atoms with van der Waals surface area (Å²) in [6.07, 6.45) is 1.12. The first-order valence-corrected chi connectivity index (χ1v) is 7.37. The van der Waals surface area contributed by atoms with Gasteiger partial charge in [-0.05, 0) is 37.5 Å². The van der Waals surface area contributed by atoms with E-state index in [2.05, 4.69) is 5.32 Å². The highest BCUT2D eigenvalue weighted by Gasteiger charge is 2.30. The Hall–Kier alpha value is -0.520. The summed E-state index contributed by atoms with van der Waals surface area (Å²) in [5, 5.41) is 3.90. The minimum Gasteiger partial charge on any atom is -0.364 e. The van der Waals surface area contributed by atoms with Crippen LogP contribution >= 0.6 is 35.6 Å². The summed E-state index contributed by atoms with van der Waals surface area (Å²) >= 11 is 11.9. The molecular weight excluding hydrogens is 335 g/mol. The van der Waals surface area contributed by atoms with Gasteiger partial charge in [-0.25, -0.2) is 0 Å². The van der Waals surface area contributed by atoms with Gasteiger partial charge in [0, 0.05) is 6.54 Å². The van der Waals surface area contributed by atoms with Gasteiger partial charge in [-0.1, -0.05) is 29.3 Å². The summed E-state index contributed by atoms with van der Waals surface area (Å²) < 4.78 is 5.57. The standard InChI is InChI=1S/C14H18Cl2N2O2.ClH/c1-8(9-2-4-11(15)12(16)6-9)18-14(19)13-5-3-10(7-17)20-13;/h2,4,6,8,10,13H,3,5,7,17H2,1H3,(H,18,19);1H/t8?,10-,13+;/m1./s1. The Balaban J connectivity index is 0.00000220. The minimum atomic E-state index is -0.409. The van der Waals surface area contributed by atoms with Crippen molar-refractivity contribution in [3.8, 4) is 0 Å². The predicted molar refractivity (Wildman–Crippen MR) is 87.2 cm³/mol. The summed E-state index contributed by atoms with van der Waals surface area (Å²) in [5.41, 5.74) is 6.44. The van der Waals surface area contributed by atoms with Gasteiger partial charge < -0.3 is 15.8 Å². The Morgan fingerprint density at radius 2 is 2.14 bits per heavy atom. The molecule has 7 heteroatoms. The van der Waals surface area contributed by atoms with E-state index in [9.17, 15) is 4.79 Å². The molecule has 1 unspecified atom stereocenters. The van der Waals surface area contributed by atoms with Gasteiger partial charge in [0.15, 0.2) is 0 Å². The molecule has 1 saturated heterocycles. The Bertz CT molecular complexity index is 499. The van der Waals surface area contributed by atoms with Crippen LogP contribution in [0.25, 0.3) is 0 Å². The van der Waals surface area contributed by atoms with Gasteiger partial charge in [0.2, 0.25) is 5.91 Å². The number of carbonyl (C=O) groups is 1. The second-order valence-corrected chi connectivity index (χ2v) is 5.78. The van der Waals surface area contributed by atoms with Crippen LogP contribution in [0, 0.1) is 0 Å². The molecule has 21 heavy (non-hydrogen) atoms. The maximum Gasteiger partial charge on any atom is 0.249 e. The van der Waals surface area contributed by atoms with Gasteiger partial charge in [-0.15, -0.1) is 12.4 Å². The highest BCUT2D eigenvalue weighted by molar-refractivity contribution is 6.42. The third-order valence-electron chi connectivity index (χ3n) is 3.47. The number of nitrogens with one attached hydrogen (secondary N) is 1. The fourth-order valence-corrected chi connectivity index (χ4v) is 2.55. The highest BCUT2D eigenvalue weighted by Crippen LogP contribution is 2.26. The largest absolute Gasteiger partial charge is 0.364 e. The third kappa shape index (κ3) is 4.73. The molecule has 1 aliphatic rings. The van der Waals surface area contributed by atoms with E-state index in [1.807, 2.05) is 13.0 Å². The molecule has 0 aromatic heterocycles. The first-order chi connectivity index (χ1) is 9.51. The highest BCUT2D eigenvalue weighted by atomic mass is 35.5. The van der Waals surface area contributed by atoms with E-state index in [4.69, 9.17) is 33.7 Å². The maximum atomic E-state index is 12.1. The number of hydrogen-bond donors (Lipinski definition) is 2. The molecule has 1 fully saturated rings. The summed E-state index contributed by atoms with van der Waals surface area (Å²) in [6, 6.07) is 5.17. The molecule has 1 aromatic rings. The van der Waals surface area contributed by atoms with Crippen molar-refractivity contribution >= 4 is 41.5 Å². The Morgan fingerprint density at radius 1 is 1.43 bits per heavy atom. The molecule has 2 rings (SSSR count). The number of benzene rings is 1. The normalized spacial score (nSPS) is 22.5. The molecule has 0 aliphatic carbocycles. The third-order valence-corrected chi connectivity index (χ3v) is 4.20. The van der Waals surface area contributed by atoms with Crippen LogP contribution in [0.4, 0.5) is 0 Å². The number of amides is 1. The topological polar surface area (TPSA) is 64.4 Å². The lowest BCUT2D eigenvalue weighted by Gasteiger charge is -2.18. The number of nitrogens with two attached hydrogens (primary N) is 1. The fourth-order valence-electron chi connectivity index (χ4n) is 2.24. The average molecular weight is 354 g/mol. The molecule has 0 saturated carbocycles. The van der Waals surface area contributed by atoms with E-state index < -0.39 is 6.10 Å². The van der Waals surface area contributed by atoms with Gasteiger partial charge >= 0.3 is 0 Å². The molecule has 4 nitrogen and oxygen atoms in total. The van der Waals surface area contributed by atoms with Crippen LogP contribution in [-0.2, 0) is 9.53 Å². The molecular formula is C14H19Cl3N2O2. The predicted octanol–water partition coefficient (Wildman–Crippen LogP) is 3.10. The Kier molecular flexibility index (Phi) is 7.24. The van der Waals surface area contributed by atoms with Crippen LogP contribution in [0.2, 0.25) is 10.0 Å². The van der Waals surface area contributed by atoms with Crippen LogP contribution in [-0.4, -0.2) is 24.7 Å². The Morgan fingerprint density at radius 3 is 2.71 bits per heavy atom. The van der Waals surface area contributed by atoms with E-state index in [0.717, 1.165) is 12.0 Å². The second kappa shape index (κ2) is 8.20. The van der Waals surface area contributed by atoms with Gasteiger partial charge in [0.1, 0.15) is 6.10 Å². The summed E-state index contributed by atoms with van der Waals surface area (Å²) in [5.74, 6) is -0.112. The van der Waals surface area contributed by atoms with Gasteiger partial charge in [-0.3, -0.25) is 4.79 Å². The van der Waals surface area contributed by atoms with Gasteiger partial charge in [0.25, 0.3) is 0 Å². The molecule has 118 valence electrons. The zero-order valence-corrected chi connectivity index (χ0v) is 14.0. The summed E-state index contributed by atoms with van der Waals surface area (Å²) in [4.78, 5) is 12.1. The molecule has 0 radical (unpaired) electrons. The molecule has 1 aromatic carbocycles.